The van der Waals surface area contributed by atoms with Crippen LogP contribution in [-0.2, 0) is 0 Å². The number of fused-ring (bicyclic) bond motifs is 1. The Hall–Kier alpha value is -2.82. The smallest absolute Gasteiger partial charge is 0.252 e. The van der Waals surface area contributed by atoms with Gasteiger partial charge in [0.25, 0.3) is 5.82 Å². The lowest BCUT2D eigenvalue weighted by molar-refractivity contribution is 0.835. The predicted molar refractivity (Wildman–Crippen MR) is 50.4 cm³/mol. The third-order valence-corrected chi connectivity index (χ3v) is 2.01. The van der Waals surface area contributed by atoms with Crippen LogP contribution >= 0.6 is 0 Å². The molecule has 8 heteroatoms. The summed E-state index contributed by atoms with van der Waals surface area (Å²) in [5, 5.41) is 20.2. The van der Waals surface area contributed by atoms with Crippen LogP contribution in [-0.4, -0.2) is 34.3 Å². The van der Waals surface area contributed by atoms with Crippen LogP contribution < -0.4 is 0 Å². The Labute approximate surface area is 88.8 Å². The molecule has 0 saturated heterocycles. The van der Waals surface area contributed by atoms with Gasteiger partial charge in [-0.1, -0.05) is 0 Å². The fourth-order valence-electron chi connectivity index (χ4n) is 1.32. The van der Waals surface area contributed by atoms with Crippen molar-refractivity contribution in [2.24, 2.45) is 0 Å². The van der Waals surface area contributed by atoms with Gasteiger partial charge in [0, 0.05) is 12.4 Å². The lowest BCUT2D eigenvalue weighted by Crippen LogP contribution is -2.02. The minimum absolute atomic E-state index is 0.0864. The van der Waals surface area contributed by atoms with E-state index in [1.54, 1.807) is 23.1 Å². The zero-order valence-electron chi connectivity index (χ0n) is 7.89. The van der Waals surface area contributed by atoms with Gasteiger partial charge in [-0.2, -0.15) is 9.94 Å². The molecule has 0 atom stereocenters. The summed E-state index contributed by atoms with van der Waals surface area (Å²) in [6.07, 6.45) is 6.29. The molecule has 3 heterocycles. The SMILES string of the molecule is N#Cc1ncn(-c2nccn3cnnc23)n1. The summed E-state index contributed by atoms with van der Waals surface area (Å²) in [7, 11) is 0. The van der Waals surface area contributed by atoms with Crippen molar-refractivity contribution in [1.29, 1.82) is 5.26 Å². The van der Waals surface area contributed by atoms with Crippen molar-refractivity contribution in [3.8, 4) is 11.9 Å². The highest BCUT2D eigenvalue weighted by molar-refractivity contribution is 5.52. The van der Waals surface area contributed by atoms with Gasteiger partial charge < -0.3 is 0 Å². The number of nitrogens with zero attached hydrogens (tertiary/aromatic N) is 8. The van der Waals surface area contributed by atoms with Gasteiger partial charge in [-0.25, -0.2) is 9.97 Å². The summed E-state index contributed by atoms with van der Waals surface area (Å²) in [5.41, 5.74) is 0.553. The standard InChI is InChI=1S/C8H4N8/c9-3-6-11-4-16(14-6)7-8-13-12-5-15(8)2-1-10-7/h1-2,4-5H. The minimum atomic E-state index is 0.0864. The highest BCUT2D eigenvalue weighted by atomic mass is 15.4. The summed E-state index contributed by atoms with van der Waals surface area (Å²) in [6.45, 7) is 0. The van der Waals surface area contributed by atoms with Gasteiger partial charge in [-0.15, -0.1) is 15.3 Å². The molecule has 0 saturated carbocycles. The lowest BCUT2D eigenvalue weighted by Gasteiger charge is -1.99. The van der Waals surface area contributed by atoms with E-state index < -0.39 is 0 Å². The maximum Gasteiger partial charge on any atom is 0.252 e. The van der Waals surface area contributed by atoms with Crippen LogP contribution in [0.5, 0.6) is 0 Å². The van der Waals surface area contributed by atoms with Gasteiger partial charge in [0.2, 0.25) is 11.5 Å². The van der Waals surface area contributed by atoms with Crippen molar-refractivity contribution < 1.29 is 0 Å². The van der Waals surface area contributed by atoms with E-state index in [1.807, 2.05) is 6.07 Å². The summed E-state index contributed by atoms with van der Waals surface area (Å²) in [4.78, 5) is 7.92. The van der Waals surface area contributed by atoms with Crippen LogP contribution in [0.25, 0.3) is 11.5 Å². The van der Waals surface area contributed by atoms with E-state index in [2.05, 4.69) is 25.3 Å². The Balaban J connectivity index is 2.26. The zero-order valence-corrected chi connectivity index (χ0v) is 7.89. The molecule has 0 N–H and O–H groups in total. The predicted octanol–water partition coefficient (Wildman–Crippen LogP) is -0.423. The first kappa shape index (κ1) is 8.49. The van der Waals surface area contributed by atoms with Crippen LogP contribution in [0.1, 0.15) is 5.82 Å². The molecule has 16 heavy (non-hydrogen) atoms. The van der Waals surface area contributed by atoms with Crippen molar-refractivity contribution in [3.05, 3.63) is 30.9 Å². The number of hydrogen-bond donors (Lipinski definition) is 0. The second-order valence-corrected chi connectivity index (χ2v) is 2.94. The molecule has 3 rings (SSSR count). The van der Waals surface area contributed by atoms with E-state index in [1.165, 1.54) is 11.0 Å². The molecular weight excluding hydrogens is 208 g/mol. The topological polar surface area (TPSA) is 97.6 Å². The fraction of sp³-hybridized carbons (Fsp3) is 0. The molecule has 0 aliphatic rings. The highest BCUT2D eigenvalue weighted by Gasteiger charge is 2.09. The van der Waals surface area contributed by atoms with Gasteiger partial charge in [-0.05, 0) is 0 Å². The molecule has 0 aliphatic heterocycles. The molecule has 0 amide bonds. The molecule has 3 aromatic rings. The van der Waals surface area contributed by atoms with Gasteiger partial charge in [-0.3, -0.25) is 4.40 Å². The van der Waals surface area contributed by atoms with E-state index in [4.69, 9.17) is 5.26 Å². The van der Waals surface area contributed by atoms with Gasteiger partial charge in [0.15, 0.2) is 0 Å². The third-order valence-electron chi connectivity index (χ3n) is 2.01. The lowest BCUT2D eigenvalue weighted by atomic mass is 10.6. The van der Waals surface area contributed by atoms with Crippen LogP contribution in [0, 0.1) is 11.3 Å². The zero-order chi connectivity index (χ0) is 11.0. The van der Waals surface area contributed by atoms with E-state index in [0.29, 0.717) is 11.5 Å². The van der Waals surface area contributed by atoms with Crippen molar-refractivity contribution in [1.82, 2.24) is 34.3 Å². The monoisotopic (exact) mass is 212 g/mol. The van der Waals surface area contributed by atoms with Crippen molar-refractivity contribution in [2.45, 2.75) is 0 Å². The maximum atomic E-state index is 8.63. The second-order valence-electron chi connectivity index (χ2n) is 2.94. The Morgan fingerprint density at radius 1 is 1.25 bits per heavy atom. The Morgan fingerprint density at radius 2 is 2.19 bits per heavy atom. The highest BCUT2D eigenvalue weighted by Crippen LogP contribution is 2.08. The summed E-state index contributed by atoms with van der Waals surface area (Å²) < 4.78 is 3.10. The molecule has 3 aromatic heterocycles. The van der Waals surface area contributed by atoms with Crippen LogP contribution in [0.15, 0.2) is 25.0 Å². The van der Waals surface area contributed by atoms with Crippen LogP contribution in [0.2, 0.25) is 0 Å². The van der Waals surface area contributed by atoms with Crippen LogP contribution in [0.3, 0.4) is 0 Å². The average molecular weight is 212 g/mol. The molecular formula is C8H4N8. The largest absolute Gasteiger partial charge is 0.284 e. The molecule has 76 valence electrons. The molecule has 0 unspecified atom stereocenters. The quantitative estimate of drug-likeness (QED) is 0.543. The van der Waals surface area contributed by atoms with Gasteiger partial charge in [0.1, 0.15) is 18.7 Å². The molecule has 0 radical (unpaired) electrons. The molecule has 0 aliphatic carbocycles. The fourth-order valence-corrected chi connectivity index (χ4v) is 1.32. The normalized spacial score (nSPS) is 10.4. The molecule has 0 aromatic carbocycles. The first-order chi connectivity index (χ1) is 7.88. The number of nitriles is 1. The minimum Gasteiger partial charge on any atom is -0.284 e. The summed E-state index contributed by atoms with van der Waals surface area (Å²) in [5.74, 6) is 0.567. The number of rotatable bonds is 1. The number of hydrogen-bond acceptors (Lipinski definition) is 6. The molecule has 0 fully saturated rings. The van der Waals surface area contributed by atoms with Crippen molar-refractivity contribution >= 4 is 5.65 Å². The molecule has 0 bridgehead atoms. The molecule has 0 spiro atoms. The van der Waals surface area contributed by atoms with Crippen LogP contribution in [0.4, 0.5) is 0 Å². The van der Waals surface area contributed by atoms with Gasteiger partial charge in [0.05, 0.1) is 0 Å². The van der Waals surface area contributed by atoms with E-state index in [-0.39, 0.29) is 5.82 Å². The first-order valence-electron chi connectivity index (χ1n) is 4.35. The molecule has 8 nitrogen and oxygen atoms in total. The third kappa shape index (κ3) is 1.12. The second kappa shape index (κ2) is 3.09. The Bertz CT molecular complexity index is 687. The first-order valence-corrected chi connectivity index (χ1v) is 4.35. The van der Waals surface area contributed by atoms with Crippen molar-refractivity contribution in [3.63, 3.8) is 0 Å². The number of aromatic nitrogens is 7. The van der Waals surface area contributed by atoms with E-state index >= 15 is 0 Å². The maximum absolute atomic E-state index is 8.63. The Kier molecular flexibility index (Phi) is 1.64. The van der Waals surface area contributed by atoms with Crippen molar-refractivity contribution in [2.75, 3.05) is 0 Å². The van der Waals surface area contributed by atoms with E-state index in [0.717, 1.165) is 0 Å². The van der Waals surface area contributed by atoms with E-state index in [9.17, 15) is 0 Å². The summed E-state index contributed by atoms with van der Waals surface area (Å²) in [6, 6.07) is 1.85. The average Bonchev–Trinajstić information content (AvgIpc) is 2.97. The van der Waals surface area contributed by atoms with Gasteiger partial charge >= 0.3 is 0 Å². The Morgan fingerprint density at radius 3 is 3.00 bits per heavy atom. The summed E-state index contributed by atoms with van der Waals surface area (Å²) >= 11 is 0.